The normalized spacial score (nSPS) is 51.6. The van der Waals surface area contributed by atoms with E-state index in [1.807, 2.05) is 7.11 Å². The minimum Gasteiger partial charge on any atom is -0.381 e. The lowest BCUT2D eigenvalue weighted by Gasteiger charge is -2.50. The standard InChI is InChI=1S/C16H26O/c1-10-12-6-7-16(9-12)11(2)13(17-5)8-14(16)15(10,3)4/h11-14H,1,6-9H2,2-5H3/t11-,12?,13-,14?,16-/m1/s1. The molecule has 0 N–H and O–H groups in total. The van der Waals surface area contributed by atoms with Crippen molar-refractivity contribution < 1.29 is 4.74 Å². The van der Waals surface area contributed by atoms with Crippen LogP contribution in [0.5, 0.6) is 0 Å². The molecule has 0 aromatic rings. The Morgan fingerprint density at radius 1 is 1.35 bits per heavy atom. The van der Waals surface area contributed by atoms with E-state index in [4.69, 9.17) is 4.74 Å². The molecule has 3 fully saturated rings. The monoisotopic (exact) mass is 234 g/mol. The highest BCUT2D eigenvalue weighted by atomic mass is 16.5. The van der Waals surface area contributed by atoms with Crippen molar-refractivity contribution in [1.82, 2.24) is 0 Å². The van der Waals surface area contributed by atoms with E-state index < -0.39 is 0 Å². The van der Waals surface area contributed by atoms with Crippen LogP contribution in [-0.2, 0) is 4.74 Å². The number of allylic oxidation sites excluding steroid dienone is 1. The van der Waals surface area contributed by atoms with Gasteiger partial charge in [-0.15, -0.1) is 0 Å². The molecule has 2 bridgehead atoms. The summed E-state index contributed by atoms with van der Waals surface area (Å²) in [6.07, 6.45) is 5.90. The van der Waals surface area contributed by atoms with Crippen molar-refractivity contribution in [3.8, 4) is 0 Å². The van der Waals surface area contributed by atoms with E-state index in [2.05, 4.69) is 27.4 Å². The minimum absolute atomic E-state index is 0.320. The summed E-state index contributed by atoms with van der Waals surface area (Å²) in [6.45, 7) is 11.7. The van der Waals surface area contributed by atoms with Gasteiger partial charge in [-0.2, -0.15) is 0 Å². The first-order valence-electron chi connectivity index (χ1n) is 7.15. The zero-order valence-electron chi connectivity index (χ0n) is 11.8. The number of hydrogen-bond acceptors (Lipinski definition) is 1. The van der Waals surface area contributed by atoms with Crippen molar-refractivity contribution in [2.24, 2.45) is 28.6 Å². The highest BCUT2D eigenvalue weighted by Gasteiger charge is 2.64. The molecule has 3 aliphatic carbocycles. The topological polar surface area (TPSA) is 9.23 Å². The fourth-order valence-electron chi connectivity index (χ4n) is 5.56. The van der Waals surface area contributed by atoms with Crippen LogP contribution in [-0.4, -0.2) is 13.2 Å². The molecule has 3 rings (SSSR count). The molecule has 5 atom stereocenters. The summed E-state index contributed by atoms with van der Waals surface area (Å²) < 4.78 is 5.76. The Morgan fingerprint density at radius 3 is 2.71 bits per heavy atom. The fraction of sp³-hybridized carbons (Fsp3) is 0.875. The summed E-state index contributed by atoms with van der Waals surface area (Å²) in [5.41, 5.74) is 2.41. The smallest absolute Gasteiger partial charge is 0.0605 e. The molecule has 3 aliphatic rings. The summed E-state index contributed by atoms with van der Waals surface area (Å²) in [5.74, 6) is 2.32. The van der Waals surface area contributed by atoms with Crippen LogP contribution >= 0.6 is 0 Å². The van der Waals surface area contributed by atoms with Crippen LogP contribution < -0.4 is 0 Å². The Balaban J connectivity index is 2.05. The van der Waals surface area contributed by atoms with Gasteiger partial charge in [-0.25, -0.2) is 0 Å². The molecule has 0 aromatic carbocycles. The average molecular weight is 234 g/mol. The summed E-state index contributed by atoms with van der Waals surface area (Å²) in [4.78, 5) is 0. The Morgan fingerprint density at radius 2 is 2.06 bits per heavy atom. The Kier molecular flexibility index (Phi) is 2.34. The third-order valence-electron chi connectivity index (χ3n) is 6.71. The molecule has 0 aliphatic heterocycles. The molecule has 1 nitrogen and oxygen atoms in total. The summed E-state index contributed by atoms with van der Waals surface area (Å²) in [7, 11) is 1.89. The van der Waals surface area contributed by atoms with Crippen LogP contribution in [0.1, 0.15) is 46.5 Å². The van der Waals surface area contributed by atoms with Crippen LogP contribution in [0.25, 0.3) is 0 Å². The first-order valence-corrected chi connectivity index (χ1v) is 7.15. The van der Waals surface area contributed by atoms with Crippen LogP contribution in [0, 0.1) is 28.6 Å². The molecule has 0 saturated heterocycles. The number of ether oxygens (including phenoxy) is 1. The zero-order valence-corrected chi connectivity index (χ0v) is 11.8. The molecule has 17 heavy (non-hydrogen) atoms. The lowest BCUT2D eigenvalue weighted by Crippen LogP contribution is -2.43. The minimum atomic E-state index is 0.320. The van der Waals surface area contributed by atoms with E-state index in [0.717, 1.165) is 17.8 Å². The van der Waals surface area contributed by atoms with Gasteiger partial charge in [0.05, 0.1) is 6.10 Å². The van der Waals surface area contributed by atoms with Gasteiger partial charge in [0.25, 0.3) is 0 Å². The molecule has 0 amide bonds. The SMILES string of the molecule is C=C1C2CC[C@]3(C2)C(C[C@@H](OC)[C@H]3C)C1(C)C. The second-order valence-corrected chi connectivity index (χ2v) is 7.27. The predicted octanol–water partition coefficient (Wildman–Crippen LogP) is 4.04. The summed E-state index contributed by atoms with van der Waals surface area (Å²) in [6, 6.07) is 0. The molecular formula is C16H26O. The maximum atomic E-state index is 5.76. The summed E-state index contributed by atoms with van der Waals surface area (Å²) in [5, 5.41) is 0. The molecule has 0 heterocycles. The van der Waals surface area contributed by atoms with Crippen LogP contribution in [0.2, 0.25) is 0 Å². The van der Waals surface area contributed by atoms with Gasteiger partial charge >= 0.3 is 0 Å². The molecule has 0 aromatic heterocycles. The van der Waals surface area contributed by atoms with Gasteiger partial charge in [-0.05, 0) is 54.3 Å². The van der Waals surface area contributed by atoms with Crippen molar-refractivity contribution in [2.75, 3.05) is 7.11 Å². The maximum Gasteiger partial charge on any atom is 0.0605 e. The van der Waals surface area contributed by atoms with Crippen LogP contribution in [0.4, 0.5) is 0 Å². The fourth-order valence-corrected chi connectivity index (χ4v) is 5.56. The number of hydrogen-bond donors (Lipinski definition) is 0. The van der Waals surface area contributed by atoms with Crippen LogP contribution in [0.15, 0.2) is 12.2 Å². The number of methoxy groups -OCH3 is 1. The van der Waals surface area contributed by atoms with E-state index in [-0.39, 0.29) is 0 Å². The van der Waals surface area contributed by atoms with Gasteiger partial charge < -0.3 is 4.74 Å². The predicted molar refractivity (Wildman–Crippen MR) is 70.8 cm³/mol. The quantitative estimate of drug-likeness (QED) is 0.622. The van der Waals surface area contributed by atoms with Crippen molar-refractivity contribution in [3.05, 3.63) is 12.2 Å². The Labute approximate surface area is 106 Å². The van der Waals surface area contributed by atoms with Gasteiger partial charge in [0, 0.05) is 7.11 Å². The van der Waals surface area contributed by atoms with E-state index in [9.17, 15) is 0 Å². The van der Waals surface area contributed by atoms with Gasteiger partial charge in [0.2, 0.25) is 0 Å². The highest BCUT2D eigenvalue weighted by molar-refractivity contribution is 5.27. The van der Waals surface area contributed by atoms with Crippen molar-refractivity contribution in [3.63, 3.8) is 0 Å². The molecule has 1 heteroatoms. The van der Waals surface area contributed by atoms with E-state index >= 15 is 0 Å². The summed E-state index contributed by atoms with van der Waals surface area (Å²) >= 11 is 0. The molecular weight excluding hydrogens is 208 g/mol. The Hall–Kier alpha value is -0.300. The lowest BCUT2D eigenvalue weighted by molar-refractivity contribution is 0.0220. The molecule has 0 radical (unpaired) electrons. The van der Waals surface area contributed by atoms with E-state index in [1.54, 1.807) is 0 Å². The van der Waals surface area contributed by atoms with E-state index in [1.165, 1.54) is 31.3 Å². The van der Waals surface area contributed by atoms with Crippen molar-refractivity contribution in [1.29, 1.82) is 0 Å². The van der Waals surface area contributed by atoms with E-state index in [0.29, 0.717) is 16.9 Å². The highest BCUT2D eigenvalue weighted by Crippen LogP contribution is 2.70. The second kappa shape index (κ2) is 3.38. The largest absolute Gasteiger partial charge is 0.381 e. The lowest BCUT2D eigenvalue weighted by atomic mass is 9.54. The van der Waals surface area contributed by atoms with Crippen molar-refractivity contribution >= 4 is 0 Å². The number of rotatable bonds is 1. The second-order valence-electron chi connectivity index (χ2n) is 7.27. The third kappa shape index (κ3) is 1.24. The first kappa shape index (κ1) is 11.8. The molecule has 2 unspecified atom stereocenters. The maximum absolute atomic E-state index is 5.76. The molecule has 3 saturated carbocycles. The van der Waals surface area contributed by atoms with Crippen LogP contribution in [0.3, 0.4) is 0 Å². The van der Waals surface area contributed by atoms with Crippen molar-refractivity contribution in [2.45, 2.75) is 52.6 Å². The van der Waals surface area contributed by atoms with Gasteiger partial charge in [0.15, 0.2) is 0 Å². The average Bonchev–Trinajstić information content (AvgIpc) is 2.82. The zero-order chi connectivity index (χ0) is 12.4. The Bertz CT molecular complexity index is 357. The van der Waals surface area contributed by atoms with Gasteiger partial charge in [0.1, 0.15) is 0 Å². The first-order chi connectivity index (χ1) is 7.93. The molecule has 96 valence electrons. The van der Waals surface area contributed by atoms with Gasteiger partial charge in [-0.3, -0.25) is 0 Å². The van der Waals surface area contributed by atoms with Gasteiger partial charge in [-0.1, -0.05) is 32.9 Å². The molecule has 1 spiro atoms. The third-order valence-corrected chi connectivity index (χ3v) is 6.71. The number of fused-ring (bicyclic) bond motifs is 1.